The second-order valence-corrected chi connectivity index (χ2v) is 5.14. The van der Waals surface area contributed by atoms with Crippen molar-refractivity contribution >= 4 is 0 Å². The van der Waals surface area contributed by atoms with Crippen LogP contribution in [-0.2, 0) is 0 Å². The summed E-state index contributed by atoms with van der Waals surface area (Å²) in [5, 5.41) is 0. The van der Waals surface area contributed by atoms with Crippen LogP contribution in [0.5, 0.6) is 0 Å². The Morgan fingerprint density at radius 3 is 2.54 bits per heavy atom. The average Bonchev–Trinajstić information content (AvgIpc) is 2.31. The molecule has 0 N–H and O–H groups in total. The summed E-state index contributed by atoms with van der Waals surface area (Å²) in [7, 11) is 0. The first kappa shape index (κ1) is 11.0. The summed E-state index contributed by atoms with van der Waals surface area (Å²) in [6.45, 7) is 13.3. The van der Waals surface area contributed by atoms with Crippen LogP contribution >= 0.6 is 0 Å². The minimum Gasteiger partial charge on any atom is -0.303 e. The maximum absolute atomic E-state index is 2.65. The highest BCUT2D eigenvalue weighted by Crippen LogP contribution is 2.27. The van der Waals surface area contributed by atoms with Crippen LogP contribution in [0, 0.1) is 17.8 Å². The van der Waals surface area contributed by atoms with Crippen molar-refractivity contribution in [2.45, 2.75) is 40.5 Å². The molecule has 0 aromatic carbocycles. The van der Waals surface area contributed by atoms with Crippen molar-refractivity contribution in [3.63, 3.8) is 0 Å². The van der Waals surface area contributed by atoms with Crippen molar-refractivity contribution in [1.29, 1.82) is 0 Å². The summed E-state index contributed by atoms with van der Waals surface area (Å²) >= 11 is 0. The standard InChI is InChI=1S/C12H25N/c1-5-6-12-9-13(7-10(2)3)8-11(12)4/h10-12H,5-9H2,1-4H3. The Morgan fingerprint density at radius 2 is 2.00 bits per heavy atom. The number of nitrogens with zero attached hydrogens (tertiary/aromatic N) is 1. The van der Waals surface area contributed by atoms with Gasteiger partial charge in [-0.05, 0) is 24.2 Å². The molecule has 78 valence electrons. The summed E-state index contributed by atoms with van der Waals surface area (Å²) in [4.78, 5) is 2.65. The van der Waals surface area contributed by atoms with E-state index >= 15 is 0 Å². The van der Waals surface area contributed by atoms with Crippen molar-refractivity contribution in [1.82, 2.24) is 4.90 Å². The van der Waals surface area contributed by atoms with E-state index in [1.807, 2.05) is 0 Å². The van der Waals surface area contributed by atoms with Crippen LogP contribution in [0.2, 0.25) is 0 Å². The van der Waals surface area contributed by atoms with Crippen molar-refractivity contribution < 1.29 is 0 Å². The van der Waals surface area contributed by atoms with E-state index in [9.17, 15) is 0 Å². The van der Waals surface area contributed by atoms with E-state index in [0.29, 0.717) is 0 Å². The summed E-state index contributed by atoms with van der Waals surface area (Å²) < 4.78 is 0. The lowest BCUT2D eigenvalue weighted by atomic mass is 9.94. The maximum Gasteiger partial charge on any atom is 0.00129 e. The van der Waals surface area contributed by atoms with E-state index in [4.69, 9.17) is 0 Å². The molecule has 1 nitrogen and oxygen atoms in total. The molecule has 0 bridgehead atoms. The Balaban J connectivity index is 2.31. The van der Waals surface area contributed by atoms with Gasteiger partial charge >= 0.3 is 0 Å². The van der Waals surface area contributed by atoms with Gasteiger partial charge in [0.1, 0.15) is 0 Å². The summed E-state index contributed by atoms with van der Waals surface area (Å²) in [6.07, 6.45) is 2.78. The molecule has 2 atom stereocenters. The third-order valence-electron chi connectivity index (χ3n) is 3.13. The maximum atomic E-state index is 2.65. The fourth-order valence-corrected chi connectivity index (χ4v) is 2.55. The highest BCUT2D eigenvalue weighted by molar-refractivity contribution is 4.81. The Hall–Kier alpha value is -0.0400. The fourth-order valence-electron chi connectivity index (χ4n) is 2.55. The third-order valence-corrected chi connectivity index (χ3v) is 3.13. The minimum atomic E-state index is 0.826. The van der Waals surface area contributed by atoms with Crippen LogP contribution in [0.25, 0.3) is 0 Å². The molecule has 0 aliphatic carbocycles. The lowest BCUT2D eigenvalue weighted by Crippen LogP contribution is -2.25. The van der Waals surface area contributed by atoms with Gasteiger partial charge in [0, 0.05) is 19.6 Å². The molecule has 0 aromatic rings. The summed E-state index contributed by atoms with van der Waals surface area (Å²) in [6, 6.07) is 0. The SMILES string of the molecule is CCCC1CN(CC(C)C)CC1C. The Kier molecular flexibility index (Phi) is 4.24. The van der Waals surface area contributed by atoms with Crippen molar-refractivity contribution in [2.75, 3.05) is 19.6 Å². The number of hydrogen-bond donors (Lipinski definition) is 0. The van der Waals surface area contributed by atoms with Crippen LogP contribution in [0.15, 0.2) is 0 Å². The van der Waals surface area contributed by atoms with E-state index in [1.54, 1.807) is 0 Å². The van der Waals surface area contributed by atoms with Gasteiger partial charge in [-0.2, -0.15) is 0 Å². The zero-order valence-corrected chi connectivity index (χ0v) is 9.71. The van der Waals surface area contributed by atoms with Crippen molar-refractivity contribution in [3.05, 3.63) is 0 Å². The van der Waals surface area contributed by atoms with Crippen LogP contribution in [0.1, 0.15) is 40.5 Å². The highest BCUT2D eigenvalue weighted by atomic mass is 15.2. The first-order valence-electron chi connectivity index (χ1n) is 5.85. The molecule has 1 saturated heterocycles. The van der Waals surface area contributed by atoms with Crippen LogP contribution in [-0.4, -0.2) is 24.5 Å². The molecule has 1 rings (SSSR count). The molecular formula is C12H25N. The molecule has 0 aromatic heterocycles. The zero-order valence-electron chi connectivity index (χ0n) is 9.71. The first-order valence-corrected chi connectivity index (χ1v) is 5.85. The van der Waals surface area contributed by atoms with Gasteiger partial charge in [-0.15, -0.1) is 0 Å². The third kappa shape index (κ3) is 3.30. The lowest BCUT2D eigenvalue weighted by molar-refractivity contribution is 0.283. The van der Waals surface area contributed by atoms with Crippen molar-refractivity contribution in [2.24, 2.45) is 17.8 Å². The van der Waals surface area contributed by atoms with Gasteiger partial charge in [0.05, 0.1) is 0 Å². The van der Waals surface area contributed by atoms with Gasteiger partial charge in [-0.3, -0.25) is 0 Å². The normalized spacial score (nSPS) is 30.2. The second kappa shape index (κ2) is 4.99. The quantitative estimate of drug-likeness (QED) is 0.647. The van der Waals surface area contributed by atoms with Gasteiger partial charge < -0.3 is 4.90 Å². The molecule has 0 saturated carbocycles. The smallest absolute Gasteiger partial charge is 0.00129 e. The Labute approximate surface area is 83.5 Å². The molecule has 2 unspecified atom stereocenters. The lowest BCUT2D eigenvalue weighted by Gasteiger charge is -2.17. The molecule has 1 aliphatic rings. The van der Waals surface area contributed by atoms with Crippen LogP contribution < -0.4 is 0 Å². The van der Waals surface area contributed by atoms with Gasteiger partial charge in [-0.1, -0.05) is 34.1 Å². The molecule has 1 heterocycles. The molecule has 1 aliphatic heterocycles. The molecule has 0 radical (unpaired) electrons. The Bertz CT molecular complexity index is 142. The summed E-state index contributed by atoms with van der Waals surface area (Å²) in [5.74, 6) is 2.73. The van der Waals surface area contributed by atoms with Gasteiger partial charge in [-0.25, -0.2) is 0 Å². The van der Waals surface area contributed by atoms with E-state index in [0.717, 1.165) is 17.8 Å². The molecule has 0 amide bonds. The monoisotopic (exact) mass is 183 g/mol. The predicted molar refractivity (Wildman–Crippen MR) is 58.8 cm³/mol. The predicted octanol–water partition coefficient (Wildman–Crippen LogP) is 3.01. The average molecular weight is 183 g/mol. The molecule has 1 heteroatoms. The van der Waals surface area contributed by atoms with Gasteiger partial charge in [0.15, 0.2) is 0 Å². The fraction of sp³-hybridized carbons (Fsp3) is 1.00. The summed E-state index contributed by atoms with van der Waals surface area (Å²) in [5.41, 5.74) is 0. The van der Waals surface area contributed by atoms with Gasteiger partial charge in [0.25, 0.3) is 0 Å². The van der Waals surface area contributed by atoms with E-state index in [-0.39, 0.29) is 0 Å². The zero-order chi connectivity index (χ0) is 9.84. The number of rotatable bonds is 4. The van der Waals surface area contributed by atoms with E-state index < -0.39 is 0 Å². The number of likely N-dealkylation sites (tertiary alicyclic amines) is 1. The molecule has 13 heavy (non-hydrogen) atoms. The van der Waals surface area contributed by atoms with Crippen LogP contribution in [0.3, 0.4) is 0 Å². The highest BCUT2D eigenvalue weighted by Gasteiger charge is 2.28. The van der Waals surface area contributed by atoms with Gasteiger partial charge in [0.2, 0.25) is 0 Å². The van der Waals surface area contributed by atoms with Crippen LogP contribution in [0.4, 0.5) is 0 Å². The largest absolute Gasteiger partial charge is 0.303 e. The molecular weight excluding hydrogens is 158 g/mol. The topological polar surface area (TPSA) is 3.24 Å². The Morgan fingerprint density at radius 1 is 1.31 bits per heavy atom. The number of hydrogen-bond acceptors (Lipinski definition) is 1. The van der Waals surface area contributed by atoms with E-state index in [1.165, 1.54) is 32.5 Å². The first-order chi connectivity index (χ1) is 6.13. The molecule has 1 fully saturated rings. The second-order valence-electron chi connectivity index (χ2n) is 5.14. The molecule has 0 spiro atoms. The minimum absolute atomic E-state index is 0.826. The van der Waals surface area contributed by atoms with Crippen molar-refractivity contribution in [3.8, 4) is 0 Å². The van der Waals surface area contributed by atoms with E-state index in [2.05, 4.69) is 32.6 Å².